The van der Waals surface area contributed by atoms with E-state index in [9.17, 15) is 4.79 Å². The second-order valence-electron chi connectivity index (χ2n) is 3.94. The fraction of sp³-hybridized carbons (Fsp3) is 0.545. The Hall–Kier alpha value is -0.870. The quantitative estimate of drug-likeness (QED) is 0.843. The fourth-order valence-electron chi connectivity index (χ4n) is 2.09. The minimum atomic E-state index is -0.837. The third kappa shape index (κ3) is 1.79. The van der Waals surface area contributed by atoms with Crippen molar-refractivity contribution >= 4 is 17.3 Å². The van der Waals surface area contributed by atoms with Gasteiger partial charge in [0.25, 0.3) is 0 Å². The lowest BCUT2D eigenvalue weighted by molar-refractivity contribution is 0.0701. The maximum atomic E-state index is 10.9. The van der Waals surface area contributed by atoms with Gasteiger partial charge in [0.1, 0.15) is 4.88 Å². The van der Waals surface area contributed by atoms with E-state index in [0.717, 1.165) is 18.4 Å². The molecule has 1 N–H and O–H groups in total. The molecule has 2 atom stereocenters. The van der Waals surface area contributed by atoms with Gasteiger partial charge >= 0.3 is 5.97 Å². The Morgan fingerprint density at radius 3 is 2.93 bits per heavy atom. The molecule has 0 fully saturated rings. The molecular weight excluding hydrogens is 212 g/mol. The molecule has 1 aliphatic rings. The van der Waals surface area contributed by atoms with E-state index in [4.69, 9.17) is 9.84 Å². The standard InChI is InChI=1S/C11H14O3S/c1-6-3-4-8(14-2)7-5-9(11(12)13)15-10(6)7/h5-6,8H,3-4H2,1-2H3,(H,12,13). The zero-order chi connectivity index (χ0) is 11.0. The van der Waals surface area contributed by atoms with Gasteiger partial charge in [-0.15, -0.1) is 11.3 Å². The van der Waals surface area contributed by atoms with Gasteiger partial charge in [-0.1, -0.05) is 6.92 Å². The summed E-state index contributed by atoms with van der Waals surface area (Å²) in [6.07, 6.45) is 2.14. The average Bonchev–Trinajstić information content (AvgIpc) is 2.64. The topological polar surface area (TPSA) is 46.5 Å². The van der Waals surface area contributed by atoms with Gasteiger partial charge in [0.05, 0.1) is 6.10 Å². The molecule has 2 rings (SSSR count). The largest absolute Gasteiger partial charge is 0.477 e. The number of carboxylic acids is 1. The second-order valence-corrected chi connectivity index (χ2v) is 5.02. The van der Waals surface area contributed by atoms with Crippen LogP contribution in [0, 0.1) is 0 Å². The normalized spacial score (nSPS) is 24.9. The lowest BCUT2D eigenvalue weighted by Crippen LogP contribution is -2.11. The first-order valence-corrected chi connectivity index (χ1v) is 5.84. The van der Waals surface area contributed by atoms with E-state index >= 15 is 0 Å². The molecule has 0 spiro atoms. The van der Waals surface area contributed by atoms with E-state index in [0.29, 0.717) is 10.8 Å². The molecule has 0 saturated heterocycles. The molecule has 4 heteroatoms. The number of hydrogen-bond acceptors (Lipinski definition) is 3. The molecule has 1 aromatic rings. The maximum absolute atomic E-state index is 10.9. The molecule has 0 aliphatic heterocycles. The van der Waals surface area contributed by atoms with Crippen LogP contribution in [0.3, 0.4) is 0 Å². The molecular formula is C11H14O3S. The number of methoxy groups -OCH3 is 1. The first-order valence-electron chi connectivity index (χ1n) is 5.03. The van der Waals surface area contributed by atoms with Crippen molar-refractivity contribution in [2.75, 3.05) is 7.11 Å². The monoisotopic (exact) mass is 226 g/mol. The highest BCUT2D eigenvalue weighted by Crippen LogP contribution is 2.43. The number of carboxylic acid groups (broad SMARTS) is 1. The number of carbonyl (C=O) groups is 1. The first-order chi connectivity index (χ1) is 7.13. The Morgan fingerprint density at radius 2 is 2.33 bits per heavy atom. The van der Waals surface area contributed by atoms with Crippen LogP contribution in [0.2, 0.25) is 0 Å². The van der Waals surface area contributed by atoms with Crippen LogP contribution < -0.4 is 0 Å². The molecule has 2 unspecified atom stereocenters. The Morgan fingerprint density at radius 1 is 1.60 bits per heavy atom. The molecule has 0 saturated carbocycles. The smallest absolute Gasteiger partial charge is 0.345 e. The lowest BCUT2D eigenvalue weighted by Gasteiger charge is -2.25. The van der Waals surface area contributed by atoms with E-state index in [1.54, 1.807) is 13.2 Å². The fourth-order valence-corrected chi connectivity index (χ4v) is 3.23. The number of hydrogen-bond donors (Lipinski definition) is 1. The molecule has 82 valence electrons. The molecule has 3 nitrogen and oxygen atoms in total. The average molecular weight is 226 g/mol. The Balaban J connectivity index is 2.44. The predicted molar refractivity (Wildman–Crippen MR) is 58.7 cm³/mol. The van der Waals surface area contributed by atoms with Crippen molar-refractivity contribution < 1.29 is 14.6 Å². The highest BCUT2D eigenvalue weighted by molar-refractivity contribution is 7.14. The molecule has 15 heavy (non-hydrogen) atoms. The summed E-state index contributed by atoms with van der Waals surface area (Å²) in [6.45, 7) is 2.15. The van der Waals surface area contributed by atoms with Crippen LogP contribution >= 0.6 is 11.3 Å². The third-order valence-electron chi connectivity index (χ3n) is 2.94. The van der Waals surface area contributed by atoms with Gasteiger partial charge in [0.15, 0.2) is 0 Å². The number of aromatic carboxylic acids is 1. The van der Waals surface area contributed by atoms with Gasteiger partial charge < -0.3 is 9.84 Å². The molecule has 1 heterocycles. The minimum Gasteiger partial charge on any atom is -0.477 e. The van der Waals surface area contributed by atoms with Gasteiger partial charge in [0.2, 0.25) is 0 Å². The van der Waals surface area contributed by atoms with Crippen LogP contribution in [0.25, 0.3) is 0 Å². The van der Waals surface area contributed by atoms with Crippen LogP contribution in [-0.4, -0.2) is 18.2 Å². The van der Waals surface area contributed by atoms with Gasteiger partial charge in [-0.05, 0) is 30.4 Å². The van der Waals surface area contributed by atoms with Gasteiger partial charge in [0, 0.05) is 12.0 Å². The summed E-state index contributed by atoms with van der Waals surface area (Å²) in [4.78, 5) is 12.5. The Kier molecular flexibility index (Phi) is 2.80. The highest BCUT2D eigenvalue weighted by atomic mass is 32.1. The molecule has 1 aromatic heterocycles. The summed E-state index contributed by atoms with van der Waals surface area (Å²) in [5.41, 5.74) is 1.08. The summed E-state index contributed by atoms with van der Waals surface area (Å²) in [5, 5.41) is 8.95. The van der Waals surface area contributed by atoms with E-state index in [2.05, 4.69) is 6.92 Å². The summed E-state index contributed by atoms with van der Waals surface area (Å²) in [5.74, 6) is -0.374. The number of fused-ring (bicyclic) bond motifs is 1. The van der Waals surface area contributed by atoms with E-state index < -0.39 is 5.97 Å². The van der Waals surface area contributed by atoms with Crippen molar-refractivity contribution in [3.63, 3.8) is 0 Å². The summed E-state index contributed by atoms with van der Waals surface area (Å²) in [6, 6.07) is 1.77. The van der Waals surface area contributed by atoms with Crippen molar-refractivity contribution in [1.29, 1.82) is 0 Å². The summed E-state index contributed by atoms with van der Waals surface area (Å²) < 4.78 is 5.37. The second kappa shape index (κ2) is 3.94. The predicted octanol–water partition coefficient (Wildman–Crippen LogP) is 3.03. The maximum Gasteiger partial charge on any atom is 0.345 e. The first kappa shape index (κ1) is 10.6. The molecule has 0 amide bonds. The number of ether oxygens (including phenoxy) is 1. The zero-order valence-corrected chi connectivity index (χ0v) is 9.63. The van der Waals surface area contributed by atoms with E-state index in [1.807, 2.05) is 0 Å². The van der Waals surface area contributed by atoms with Crippen LogP contribution in [0.4, 0.5) is 0 Å². The summed E-state index contributed by atoms with van der Waals surface area (Å²) in [7, 11) is 1.68. The lowest BCUT2D eigenvalue weighted by atomic mass is 9.88. The van der Waals surface area contributed by atoms with Crippen molar-refractivity contribution in [1.82, 2.24) is 0 Å². The van der Waals surface area contributed by atoms with E-state index in [1.165, 1.54) is 16.2 Å². The Labute approximate surface area is 92.7 Å². The highest BCUT2D eigenvalue weighted by Gasteiger charge is 2.28. The Bertz CT molecular complexity index is 383. The van der Waals surface area contributed by atoms with Crippen LogP contribution in [0.1, 0.15) is 51.9 Å². The van der Waals surface area contributed by atoms with Gasteiger partial charge in [-0.2, -0.15) is 0 Å². The van der Waals surface area contributed by atoms with Gasteiger partial charge in [-0.25, -0.2) is 4.79 Å². The molecule has 1 aliphatic carbocycles. The molecule has 0 bridgehead atoms. The van der Waals surface area contributed by atoms with Gasteiger partial charge in [-0.3, -0.25) is 0 Å². The SMILES string of the molecule is COC1CCC(C)c2sc(C(=O)O)cc21. The molecule has 0 aromatic carbocycles. The van der Waals surface area contributed by atoms with Crippen molar-refractivity contribution in [2.24, 2.45) is 0 Å². The zero-order valence-electron chi connectivity index (χ0n) is 8.82. The van der Waals surface area contributed by atoms with Crippen molar-refractivity contribution in [2.45, 2.75) is 31.8 Å². The van der Waals surface area contributed by atoms with Crippen LogP contribution in [0.5, 0.6) is 0 Å². The van der Waals surface area contributed by atoms with Crippen LogP contribution in [-0.2, 0) is 4.74 Å². The minimum absolute atomic E-state index is 0.0838. The van der Waals surface area contributed by atoms with Crippen LogP contribution in [0.15, 0.2) is 6.07 Å². The van der Waals surface area contributed by atoms with Crippen molar-refractivity contribution in [3.8, 4) is 0 Å². The summed E-state index contributed by atoms with van der Waals surface area (Å²) >= 11 is 1.39. The number of thiophene rings is 1. The van der Waals surface area contributed by atoms with E-state index in [-0.39, 0.29) is 6.10 Å². The number of rotatable bonds is 2. The molecule has 0 radical (unpaired) electrons. The van der Waals surface area contributed by atoms with Crippen molar-refractivity contribution in [3.05, 3.63) is 21.4 Å². The third-order valence-corrected chi connectivity index (χ3v) is 4.31.